The number of carbonyl (C=O) groups excluding carboxylic acids is 2. The van der Waals surface area contributed by atoms with Gasteiger partial charge in [0.2, 0.25) is 11.8 Å². The molecule has 2 amide bonds. The number of nitrogens with one attached hydrogen (secondary N) is 2. The Morgan fingerprint density at radius 1 is 1.04 bits per heavy atom. The summed E-state index contributed by atoms with van der Waals surface area (Å²) in [6.07, 6.45) is 2.87. The number of carbonyl (C=O) groups is 2. The number of rotatable bonds is 3. The van der Waals surface area contributed by atoms with Gasteiger partial charge in [-0.25, -0.2) is 0 Å². The van der Waals surface area contributed by atoms with Gasteiger partial charge in [-0.2, -0.15) is 0 Å². The van der Waals surface area contributed by atoms with Crippen LogP contribution < -0.4 is 10.9 Å². The van der Waals surface area contributed by atoms with Gasteiger partial charge in [-0.15, -0.1) is 0 Å². The van der Waals surface area contributed by atoms with Gasteiger partial charge in [0.05, 0.1) is 5.92 Å². The predicted octanol–water partition coefficient (Wildman–Crippen LogP) is 1.56. The van der Waals surface area contributed by atoms with Gasteiger partial charge in [0.1, 0.15) is 0 Å². The van der Waals surface area contributed by atoms with Crippen molar-refractivity contribution >= 4 is 11.8 Å². The van der Waals surface area contributed by atoms with Crippen LogP contribution >= 0.6 is 0 Å². The zero-order valence-electron chi connectivity index (χ0n) is 17.0. The first-order chi connectivity index (χ1) is 13.5. The minimum absolute atomic E-state index is 0.0254. The lowest BCUT2D eigenvalue weighted by atomic mass is 9.82. The number of fused-ring (bicyclic) bond motifs is 1. The standard InChI is InChI=1S/C22H32N4O2/c1-15(2)21(27)25-10-8-17(9-11-25)20-19(13-23-24-20)22(28)26-12-7-16-5-3-4-6-18(16)14-26/h3-6,15,17,19-20,23-24H,7-14H2,1-2H3. The maximum Gasteiger partial charge on any atom is 0.228 e. The maximum atomic E-state index is 13.3. The lowest BCUT2D eigenvalue weighted by Crippen LogP contribution is -2.50. The molecule has 2 atom stereocenters. The number of hydrogen-bond donors (Lipinski definition) is 2. The Balaban J connectivity index is 1.38. The van der Waals surface area contributed by atoms with Crippen LogP contribution in [-0.4, -0.2) is 53.8 Å². The summed E-state index contributed by atoms with van der Waals surface area (Å²) in [6, 6.07) is 8.60. The highest BCUT2D eigenvalue weighted by Crippen LogP contribution is 2.29. The van der Waals surface area contributed by atoms with Crippen molar-refractivity contribution in [3.05, 3.63) is 35.4 Å². The highest BCUT2D eigenvalue weighted by molar-refractivity contribution is 5.80. The molecule has 6 nitrogen and oxygen atoms in total. The van der Waals surface area contributed by atoms with Gasteiger partial charge in [-0.3, -0.25) is 20.4 Å². The van der Waals surface area contributed by atoms with Crippen LogP contribution in [0, 0.1) is 17.8 Å². The molecule has 6 heteroatoms. The van der Waals surface area contributed by atoms with Crippen molar-refractivity contribution in [2.45, 2.75) is 45.7 Å². The normalized spacial score (nSPS) is 25.8. The van der Waals surface area contributed by atoms with Gasteiger partial charge in [0.25, 0.3) is 0 Å². The van der Waals surface area contributed by atoms with E-state index in [-0.39, 0.29) is 29.7 Å². The number of benzene rings is 1. The van der Waals surface area contributed by atoms with Gasteiger partial charge < -0.3 is 9.80 Å². The van der Waals surface area contributed by atoms with E-state index in [0.717, 1.165) is 45.4 Å². The molecule has 28 heavy (non-hydrogen) atoms. The number of amides is 2. The third-order valence-electron chi connectivity index (χ3n) is 6.64. The minimum Gasteiger partial charge on any atom is -0.342 e. The van der Waals surface area contributed by atoms with Gasteiger partial charge in [-0.05, 0) is 36.3 Å². The van der Waals surface area contributed by atoms with E-state index in [0.29, 0.717) is 12.5 Å². The molecule has 1 aromatic carbocycles. The molecule has 3 aliphatic rings. The number of nitrogens with zero attached hydrogens (tertiary/aromatic N) is 2. The van der Waals surface area contributed by atoms with Crippen LogP contribution in [0.5, 0.6) is 0 Å². The molecule has 3 heterocycles. The highest BCUT2D eigenvalue weighted by atomic mass is 16.2. The van der Waals surface area contributed by atoms with Gasteiger partial charge in [-0.1, -0.05) is 38.1 Å². The summed E-state index contributed by atoms with van der Waals surface area (Å²) >= 11 is 0. The Kier molecular flexibility index (Phi) is 5.69. The van der Waals surface area contributed by atoms with Gasteiger partial charge in [0, 0.05) is 44.7 Å². The lowest BCUT2D eigenvalue weighted by molar-refractivity contribution is -0.138. The molecule has 2 unspecified atom stereocenters. The molecule has 0 aliphatic carbocycles. The second-order valence-corrected chi connectivity index (χ2v) is 8.75. The first-order valence-electron chi connectivity index (χ1n) is 10.7. The van der Waals surface area contributed by atoms with E-state index in [9.17, 15) is 9.59 Å². The van der Waals surface area contributed by atoms with Crippen molar-refractivity contribution in [1.82, 2.24) is 20.7 Å². The van der Waals surface area contributed by atoms with Crippen LogP contribution in [0.25, 0.3) is 0 Å². The predicted molar refractivity (Wildman–Crippen MR) is 108 cm³/mol. The molecule has 4 rings (SSSR count). The Labute approximate surface area is 167 Å². The molecule has 0 saturated carbocycles. The monoisotopic (exact) mass is 384 g/mol. The van der Waals surface area contributed by atoms with Crippen molar-refractivity contribution in [2.75, 3.05) is 26.2 Å². The van der Waals surface area contributed by atoms with E-state index >= 15 is 0 Å². The van der Waals surface area contributed by atoms with Crippen molar-refractivity contribution in [3.63, 3.8) is 0 Å². The largest absolute Gasteiger partial charge is 0.342 e. The third-order valence-corrected chi connectivity index (χ3v) is 6.64. The van der Waals surface area contributed by atoms with Gasteiger partial charge in [0.15, 0.2) is 0 Å². The molecule has 0 aromatic heterocycles. The summed E-state index contributed by atoms with van der Waals surface area (Å²) in [5.41, 5.74) is 9.26. The Morgan fingerprint density at radius 2 is 1.75 bits per heavy atom. The molecule has 3 aliphatic heterocycles. The van der Waals surface area contributed by atoms with Crippen LogP contribution in [0.2, 0.25) is 0 Å². The fourth-order valence-electron chi connectivity index (χ4n) is 4.96. The van der Waals surface area contributed by atoms with E-state index < -0.39 is 0 Å². The minimum atomic E-state index is -0.0254. The number of hydrazine groups is 1. The summed E-state index contributed by atoms with van der Waals surface area (Å²) in [4.78, 5) is 29.6. The molecule has 0 bridgehead atoms. The average Bonchev–Trinajstić information content (AvgIpc) is 3.22. The molecular formula is C22H32N4O2. The van der Waals surface area contributed by atoms with E-state index in [1.165, 1.54) is 11.1 Å². The van der Waals surface area contributed by atoms with Crippen LogP contribution in [0.3, 0.4) is 0 Å². The van der Waals surface area contributed by atoms with Crippen molar-refractivity contribution < 1.29 is 9.59 Å². The topological polar surface area (TPSA) is 64.7 Å². The summed E-state index contributed by atoms with van der Waals surface area (Å²) < 4.78 is 0. The molecular weight excluding hydrogens is 352 g/mol. The van der Waals surface area contributed by atoms with Crippen molar-refractivity contribution in [3.8, 4) is 0 Å². The lowest BCUT2D eigenvalue weighted by Gasteiger charge is -2.38. The summed E-state index contributed by atoms with van der Waals surface area (Å²) in [6.45, 7) is 7.74. The third kappa shape index (κ3) is 3.80. The summed E-state index contributed by atoms with van der Waals surface area (Å²) in [5, 5.41) is 0. The Hall–Kier alpha value is -1.92. The number of likely N-dealkylation sites (tertiary alicyclic amines) is 1. The Bertz CT molecular complexity index is 727. The van der Waals surface area contributed by atoms with Crippen LogP contribution in [0.4, 0.5) is 0 Å². The SMILES string of the molecule is CC(C)C(=O)N1CCC(C2NNCC2C(=O)N2CCc3ccccc3C2)CC1. The quantitative estimate of drug-likeness (QED) is 0.830. The fourth-order valence-corrected chi connectivity index (χ4v) is 4.96. The molecule has 0 spiro atoms. The second kappa shape index (κ2) is 8.21. The molecule has 2 saturated heterocycles. The van der Waals surface area contributed by atoms with E-state index in [1.54, 1.807) is 0 Å². The summed E-state index contributed by atoms with van der Waals surface area (Å²) in [5.74, 6) is 0.965. The van der Waals surface area contributed by atoms with E-state index in [2.05, 4.69) is 35.1 Å². The van der Waals surface area contributed by atoms with E-state index in [4.69, 9.17) is 0 Å². The molecule has 1 aromatic rings. The first kappa shape index (κ1) is 19.4. The van der Waals surface area contributed by atoms with Crippen LogP contribution in [0.1, 0.15) is 37.8 Å². The Morgan fingerprint density at radius 3 is 2.46 bits per heavy atom. The van der Waals surface area contributed by atoms with Crippen LogP contribution in [-0.2, 0) is 22.6 Å². The van der Waals surface area contributed by atoms with Gasteiger partial charge >= 0.3 is 0 Å². The summed E-state index contributed by atoms with van der Waals surface area (Å²) in [7, 11) is 0. The van der Waals surface area contributed by atoms with Crippen molar-refractivity contribution in [2.24, 2.45) is 17.8 Å². The smallest absolute Gasteiger partial charge is 0.228 e. The molecule has 2 N–H and O–H groups in total. The maximum absolute atomic E-state index is 13.3. The molecule has 2 fully saturated rings. The van der Waals surface area contributed by atoms with E-state index in [1.807, 2.05) is 23.6 Å². The molecule has 0 radical (unpaired) electrons. The fraction of sp³-hybridized carbons (Fsp3) is 0.636. The zero-order chi connectivity index (χ0) is 19.7. The first-order valence-corrected chi connectivity index (χ1v) is 10.7. The second-order valence-electron chi connectivity index (χ2n) is 8.75. The average molecular weight is 385 g/mol. The number of hydrogen-bond acceptors (Lipinski definition) is 4. The number of piperidine rings is 1. The highest BCUT2D eigenvalue weighted by Gasteiger charge is 2.41. The van der Waals surface area contributed by atoms with Crippen LogP contribution in [0.15, 0.2) is 24.3 Å². The molecule has 152 valence electrons. The van der Waals surface area contributed by atoms with Crippen molar-refractivity contribution in [1.29, 1.82) is 0 Å². The zero-order valence-corrected chi connectivity index (χ0v) is 17.0.